The molecule has 1 unspecified atom stereocenters. The average molecular weight is 280 g/mol. The van der Waals surface area contributed by atoms with Gasteiger partial charge in [0.05, 0.1) is 19.6 Å². The van der Waals surface area contributed by atoms with Crippen LogP contribution < -0.4 is 0 Å². The van der Waals surface area contributed by atoms with Gasteiger partial charge >= 0.3 is 5.97 Å². The van der Waals surface area contributed by atoms with Gasteiger partial charge < -0.3 is 9.47 Å². The van der Waals surface area contributed by atoms with Crippen LogP contribution in [-0.4, -0.2) is 31.5 Å². The van der Waals surface area contributed by atoms with E-state index >= 15 is 0 Å². The Morgan fingerprint density at radius 3 is 2.89 bits per heavy atom. The monoisotopic (exact) mass is 280 g/mol. The van der Waals surface area contributed by atoms with Crippen molar-refractivity contribution in [2.24, 2.45) is 0 Å². The molecule has 1 aliphatic heterocycles. The average Bonchev–Trinajstić information content (AvgIpc) is 2.94. The number of carbonyl (C=O) groups excluding carboxylic acids is 1. The van der Waals surface area contributed by atoms with Crippen LogP contribution in [0.2, 0.25) is 0 Å². The number of methoxy groups -OCH3 is 1. The maximum absolute atomic E-state index is 11.4. The van der Waals surface area contributed by atoms with Crippen LogP contribution in [0.4, 0.5) is 0 Å². The number of benzene rings is 1. The molecule has 1 aromatic rings. The fraction of sp³-hybridized carbons (Fsp3) is 0.533. The van der Waals surface area contributed by atoms with Crippen molar-refractivity contribution in [2.45, 2.75) is 31.1 Å². The second-order valence-corrected chi connectivity index (χ2v) is 5.70. The number of rotatable bonds is 6. The van der Waals surface area contributed by atoms with E-state index in [9.17, 15) is 4.79 Å². The summed E-state index contributed by atoms with van der Waals surface area (Å²) in [6.45, 7) is 0.907. The zero-order valence-corrected chi connectivity index (χ0v) is 12.1. The fourth-order valence-corrected chi connectivity index (χ4v) is 3.32. The first-order valence-electron chi connectivity index (χ1n) is 6.62. The lowest BCUT2D eigenvalue weighted by molar-refractivity contribution is -0.139. The summed E-state index contributed by atoms with van der Waals surface area (Å²) in [6, 6.07) is 8.06. The molecule has 0 N–H and O–H groups in total. The van der Waals surface area contributed by atoms with E-state index in [1.54, 1.807) is 0 Å². The highest BCUT2D eigenvalue weighted by atomic mass is 32.2. The second kappa shape index (κ2) is 7.56. The third-order valence-electron chi connectivity index (χ3n) is 3.27. The molecule has 1 heterocycles. The maximum Gasteiger partial charge on any atom is 0.309 e. The van der Waals surface area contributed by atoms with Crippen LogP contribution >= 0.6 is 11.8 Å². The van der Waals surface area contributed by atoms with E-state index < -0.39 is 0 Å². The van der Waals surface area contributed by atoms with Crippen LogP contribution in [0.3, 0.4) is 0 Å². The van der Waals surface area contributed by atoms with Gasteiger partial charge in [0.25, 0.3) is 0 Å². The lowest BCUT2D eigenvalue weighted by Crippen LogP contribution is -2.09. The molecule has 1 atom stereocenters. The van der Waals surface area contributed by atoms with E-state index in [1.165, 1.54) is 25.5 Å². The van der Waals surface area contributed by atoms with Crippen LogP contribution in [0.5, 0.6) is 0 Å². The molecule has 1 saturated heterocycles. The number of hydrogen-bond acceptors (Lipinski definition) is 4. The van der Waals surface area contributed by atoms with Crippen molar-refractivity contribution in [1.29, 1.82) is 0 Å². The third kappa shape index (κ3) is 4.55. The van der Waals surface area contributed by atoms with Gasteiger partial charge in [-0.15, -0.1) is 0 Å². The first kappa shape index (κ1) is 14.4. The molecule has 1 aromatic carbocycles. The fourth-order valence-electron chi connectivity index (χ4n) is 2.17. The van der Waals surface area contributed by atoms with Crippen molar-refractivity contribution in [1.82, 2.24) is 0 Å². The van der Waals surface area contributed by atoms with Gasteiger partial charge in [-0.05, 0) is 24.0 Å². The predicted octanol–water partition coefficient (Wildman–Crippen LogP) is 2.81. The molecule has 0 saturated carbocycles. The summed E-state index contributed by atoms with van der Waals surface area (Å²) in [5.41, 5.74) is 2.28. The Balaban J connectivity index is 1.86. The number of hydrogen-bond donors (Lipinski definition) is 0. The Bertz CT molecular complexity index is 414. The van der Waals surface area contributed by atoms with Gasteiger partial charge in [0.1, 0.15) is 0 Å². The number of carbonyl (C=O) groups is 1. The number of esters is 1. The third-order valence-corrected chi connectivity index (χ3v) is 4.39. The molecule has 0 radical (unpaired) electrons. The topological polar surface area (TPSA) is 35.5 Å². The van der Waals surface area contributed by atoms with E-state index in [4.69, 9.17) is 9.47 Å². The SMILES string of the molecule is COC(=O)Cc1ccccc1CSCC1CCCO1. The number of ether oxygens (including phenoxy) is 2. The summed E-state index contributed by atoms with van der Waals surface area (Å²) in [5.74, 6) is 1.77. The molecule has 0 aliphatic carbocycles. The van der Waals surface area contributed by atoms with E-state index in [0.29, 0.717) is 12.5 Å². The molecular weight excluding hydrogens is 260 g/mol. The van der Waals surface area contributed by atoms with Gasteiger partial charge in [-0.1, -0.05) is 24.3 Å². The van der Waals surface area contributed by atoms with E-state index in [0.717, 1.165) is 23.7 Å². The minimum absolute atomic E-state index is 0.184. The van der Waals surface area contributed by atoms with Crippen molar-refractivity contribution >= 4 is 17.7 Å². The summed E-state index contributed by atoms with van der Waals surface area (Å²) >= 11 is 1.88. The van der Waals surface area contributed by atoms with E-state index in [2.05, 4.69) is 6.07 Å². The standard InChI is InChI=1S/C15H20O3S/c1-17-15(16)9-12-5-2-3-6-13(12)10-19-11-14-7-4-8-18-14/h2-3,5-6,14H,4,7-11H2,1H3. The number of thioether (sulfide) groups is 1. The molecule has 0 aromatic heterocycles. The highest BCUT2D eigenvalue weighted by molar-refractivity contribution is 7.98. The van der Waals surface area contributed by atoms with Crippen LogP contribution in [0.15, 0.2) is 24.3 Å². The van der Waals surface area contributed by atoms with E-state index in [1.807, 2.05) is 30.0 Å². The van der Waals surface area contributed by atoms with Crippen molar-refractivity contribution in [2.75, 3.05) is 19.5 Å². The molecule has 3 nitrogen and oxygen atoms in total. The smallest absolute Gasteiger partial charge is 0.309 e. The van der Waals surface area contributed by atoms with Gasteiger partial charge in [0, 0.05) is 18.1 Å². The van der Waals surface area contributed by atoms with Crippen molar-refractivity contribution in [3.05, 3.63) is 35.4 Å². The van der Waals surface area contributed by atoms with E-state index in [-0.39, 0.29) is 5.97 Å². The Morgan fingerprint density at radius 1 is 1.42 bits per heavy atom. The zero-order chi connectivity index (χ0) is 13.5. The summed E-state index contributed by atoms with van der Waals surface area (Å²) in [5, 5.41) is 0. The molecule has 0 bridgehead atoms. The predicted molar refractivity (Wildman–Crippen MR) is 77.3 cm³/mol. The second-order valence-electron chi connectivity index (χ2n) is 4.67. The van der Waals surface area contributed by atoms with Gasteiger partial charge in [0.15, 0.2) is 0 Å². The molecule has 0 spiro atoms. The Hall–Kier alpha value is -1.00. The molecule has 1 aliphatic rings. The highest BCUT2D eigenvalue weighted by Crippen LogP contribution is 2.22. The van der Waals surface area contributed by atoms with Crippen LogP contribution in [-0.2, 0) is 26.4 Å². The van der Waals surface area contributed by atoms with Crippen LogP contribution in [0.1, 0.15) is 24.0 Å². The first-order valence-corrected chi connectivity index (χ1v) is 7.78. The lowest BCUT2D eigenvalue weighted by atomic mass is 10.1. The summed E-state index contributed by atoms with van der Waals surface area (Å²) in [6.07, 6.45) is 3.13. The van der Waals surface area contributed by atoms with Gasteiger partial charge in [0.2, 0.25) is 0 Å². The largest absolute Gasteiger partial charge is 0.469 e. The minimum atomic E-state index is -0.184. The maximum atomic E-state index is 11.4. The van der Waals surface area contributed by atoms with Gasteiger partial charge in [-0.2, -0.15) is 11.8 Å². The lowest BCUT2D eigenvalue weighted by Gasteiger charge is -2.11. The first-order chi connectivity index (χ1) is 9.29. The van der Waals surface area contributed by atoms with Crippen molar-refractivity contribution < 1.29 is 14.3 Å². The highest BCUT2D eigenvalue weighted by Gasteiger charge is 2.15. The molecule has 4 heteroatoms. The Morgan fingerprint density at radius 2 is 2.21 bits per heavy atom. The van der Waals surface area contributed by atoms with Gasteiger partial charge in [-0.3, -0.25) is 4.79 Å². The summed E-state index contributed by atoms with van der Waals surface area (Å²) in [4.78, 5) is 11.4. The zero-order valence-electron chi connectivity index (χ0n) is 11.3. The molecule has 0 amide bonds. The normalized spacial score (nSPS) is 18.5. The Labute approximate surface area is 118 Å². The molecule has 1 fully saturated rings. The molecular formula is C15H20O3S. The quantitative estimate of drug-likeness (QED) is 0.751. The molecule has 2 rings (SSSR count). The van der Waals surface area contributed by atoms with Crippen molar-refractivity contribution in [3.8, 4) is 0 Å². The minimum Gasteiger partial charge on any atom is -0.469 e. The van der Waals surface area contributed by atoms with Gasteiger partial charge in [-0.25, -0.2) is 0 Å². The van der Waals surface area contributed by atoms with Crippen LogP contribution in [0, 0.1) is 0 Å². The molecule has 104 valence electrons. The Kier molecular flexibility index (Phi) is 5.73. The molecule has 19 heavy (non-hydrogen) atoms. The summed E-state index contributed by atoms with van der Waals surface area (Å²) in [7, 11) is 1.43. The van der Waals surface area contributed by atoms with Crippen molar-refractivity contribution in [3.63, 3.8) is 0 Å². The summed E-state index contributed by atoms with van der Waals surface area (Å²) < 4.78 is 10.3. The van der Waals surface area contributed by atoms with Crippen LogP contribution in [0.25, 0.3) is 0 Å².